The Morgan fingerprint density at radius 3 is 2.76 bits per heavy atom. The van der Waals surface area contributed by atoms with Crippen LogP contribution >= 0.6 is 11.3 Å². The molecule has 4 rings (SSSR count). The maximum atomic E-state index is 12.9. The number of carbonyl (C=O) groups is 2. The largest absolute Gasteiger partial charge is 0.384 e. The van der Waals surface area contributed by atoms with Crippen LogP contribution in [0.25, 0.3) is 5.65 Å². The van der Waals surface area contributed by atoms with Crippen LogP contribution in [0.4, 0.5) is 5.13 Å². The van der Waals surface area contributed by atoms with Crippen LogP contribution in [-0.4, -0.2) is 39.9 Å². The number of nitriles is 1. The summed E-state index contributed by atoms with van der Waals surface area (Å²) in [5.74, 6) is -0.435. The van der Waals surface area contributed by atoms with E-state index in [1.807, 2.05) is 28.9 Å². The van der Waals surface area contributed by atoms with E-state index in [9.17, 15) is 9.59 Å². The fourth-order valence-corrected chi connectivity index (χ4v) is 4.13. The highest BCUT2D eigenvalue weighted by atomic mass is 32.1. The molecule has 3 heterocycles. The van der Waals surface area contributed by atoms with Crippen molar-refractivity contribution in [3.8, 4) is 6.07 Å². The van der Waals surface area contributed by atoms with Crippen LogP contribution in [0.5, 0.6) is 0 Å². The van der Waals surface area contributed by atoms with Gasteiger partial charge in [-0.15, -0.1) is 0 Å². The molecule has 0 fully saturated rings. The third-order valence-electron chi connectivity index (χ3n) is 5.11. The van der Waals surface area contributed by atoms with Crippen LogP contribution in [0.3, 0.4) is 0 Å². The minimum absolute atomic E-state index is 0.166. The van der Waals surface area contributed by atoms with Gasteiger partial charge in [-0.3, -0.25) is 14.5 Å². The molecule has 0 spiro atoms. The van der Waals surface area contributed by atoms with Gasteiger partial charge in [-0.1, -0.05) is 23.5 Å². The Kier molecular flexibility index (Phi) is 7.27. The van der Waals surface area contributed by atoms with Gasteiger partial charge in [0.25, 0.3) is 5.91 Å². The van der Waals surface area contributed by atoms with Crippen molar-refractivity contribution in [1.82, 2.24) is 19.7 Å². The second kappa shape index (κ2) is 10.7. The number of methoxy groups -OCH3 is 1. The highest BCUT2D eigenvalue weighted by Gasteiger charge is 2.21. The number of thiazole rings is 1. The van der Waals surface area contributed by atoms with Crippen LogP contribution < -0.4 is 10.2 Å². The van der Waals surface area contributed by atoms with Crippen molar-refractivity contribution < 1.29 is 14.3 Å². The number of hydrogen-bond acceptors (Lipinski definition) is 7. The van der Waals surface area contributed by atoms with Crippen LogP contribution in [0.2, 0.25) is 0 Å². The van der Waals surface area contributed by atoms with E-state index in [2.05, 4.69) is 21.4 Å². The number of aromatic nitrogens is 3. The maximum Gasteiger partial charge on any atom is 0.263 e. The van der Waals surface area contributed by atoms with E-state index in [4.69, 9.17) is 10.00 Å². The van der Waals surface area contributed by atoms with Crippen molar-refractivity contribution in [2.45, 2.75) is 19.5 Å². The van der Waals surface area contributed by atoms with Gasteiger partial charge in [0.1, 0.15) is 10.5 Å². The molecule has 2 amide bonds. The zero-order chi connectivity index (χ0) is 23.9. The monoisotopic (exact) mass is 474 g/mol. The number of anilines is 1. The van der Waals surface area contributed by atoms with E-state index in [0.29, 0.717) is 22.1 Å². The lowest BCUT2D eigenvalue weighted by molar-refractivity contribution is -0.119. The predicted octanol–water partition coefficient (Wildman–Crippen LogP) is 3.16. The molecule has 1 aromatic carbocycles. The second-order valence-electron chi connectivity index (χ2n) is 7.45. The van der Waals surface area contributed by atoms with Crippen LogP contribution in [0.1, 0.15) is 32.8 Å². The number of imidazole rings is 1. The van der Waals surface area contributed by atoms with Gasteiger partial charge in [0.2, 0.25) is 5.91 Å². The van der Waals surface area contributed by atoms with E-state index in [1.165, 1.54) is 18.2 Å². The highest BCUT2D eigenvalue weighted by Crippen LogP contribution is 2.25. The average molecular weight is 475 g/mol. The molecule has 0 aliphatic carbocycles. The molecule has 0 radical (unpaired) electrons. The molecule has 1 N–H and O–H groups in total. The molecule has 9 nitrogen and oxygen atoms in total. The quantitative estimate of drug-likeness (QED) is 0.399. The number of rotatable bonds is 9. The molecule has 0 saturated carbocycles. The minimum atomic E-state index is -0.269. The number of benzene rings is 1. The number of carbonyl (C=O) groups excluding carboxylic acids is 2. The van der Waals surface area contributed by atoms with Crippen molar-refractivity contribution in [3.63, 3.8) is 0 Å². The number of fused-ring (bicyclic) bond motifs is 1. The SMILES string of the molecule is COCCC(=O)N(Cc1ccc(C#N)cc1)c1ncc(C(=O)NCc2ccn3ccnc3c2)s1. The van der Waals surface area contributed by atoms with Gasteiger partial charge in [0.05, 0.1) is 37.4 Å². The van der Waals surface area contributed by atoms with E-state index < -0.39 is 0 Å². The first-order valence-corrected chi connectivity index (χ1v) is 11.3. The molecule has 172 valence electrons. The minimum Gasteiger partial charge on any atom is -0.384 e. The molecule has 34 heavy (non-hydrogen) atoms. The second-order valence-corrected chi connectivity index (χ2v) is 8.46. The summed E-state index contributed by atoms with van der Waals surface area (Å²) in [6.07, 6.45) is 7.12. The number of ether oxygens (including phenoxy) is 1. The first-order valence-electron chi connectivity index (χ1n) is 10.5. The molecule has 0 aliphatic heterocycles. The molecule has 3 aromatic heterocycles. The summed E-state index contributed by atoms with van der Waals surface area (Å²) in [5, 5.41) is 12.3. The maximum absolute atomic E-state index is 12.9. The van der Waals surface area contributed by atoms with E-state index in [0.717, 1.165) is 28.1 Å². The Balaban J connectivity index is 1.46. The molecule has 0 atom stereocenters. The smallest absolute Gasteiger partial charge is 0.263 e. The van der Waals surface area contributed by atoms with Crippen LogP contribution in [0.15, 0.2) is 61.2 Å². The zero-order valence-corrected chi connectivity index (χ0v) is 19.3. The van der Waals surface area contributed by atoms with Crippen molar-refractivity contribution in [1.29, 1.82) is 5.26 Å². The predicted molar refractivity (Wildman–Crippen MR) is 127 cm³/mol. The first kappa shape index (κ1) is 23.1. The normalized spacial score (nSPS) is 10.7. The fourth-order valence-electron chi connectivity index (χ4n) is 3.28. The molecular formula is C24H22N6O3S. The standard InChI is InChI=1S/C24H22N6O3S/c1-33-11-7-22(31)30(16-18-4-2-17(13-25)3-5-18)24-28-15-20(34-24)23(32)27-14-19-6-9-29-10-8-26-21(29)12-19/h2-6,8-10,12,15H,7,11,14,16H2,1H3,(H,27,32). The number of nitrogens with one attached hydrogen (secondary N) is 1. The zero-order valence-electron chi connectivity index (χ0n) is 18.5. The summed E-state index contributed by atoms with van der Waals surface area (Å²) in [7, 11) is 1.54. The van der Waals surface area contributed by atoms with Gasteiger partial charge in [-0.05, 0) is 35.4 Å². The molecule has 4 aromatic rings. The Morgan fingerprint density at radius 1 is 1.18 bits per heavy atom. The summed E-state index contributed by atoms with van der Waals surface area (Å²) >= 11 is 1.15. The average Bonchev–Trinajstić information content (AvgIpc) is 3.54. The Bertz CT molecular complexity index is 1340. The molecule has 0 bridgehead atoms. The Hall–Kier alpha value is -4.07. The first-order chi connectivity index (χ1) is 16.6. The lowest BCUT2D eigenvalue weighted by Gasteiger charge is -2.20. The summed E-state index contributed by atoms with van der Waals surface area (Å²) in [6, 6.07) is 12.9. The third-order valence-corrected chi connectivity index (χ3v) is 6.13. The number of amides is 2. The lowest BCUT2D eigenvalue weighted by Crippen LogP contribution is -2.31. The number of hydrogen-bond donors (Lipinski definition) is 1. The van der Waals surface area contributed by atoms with Gasteiger partial charge >= 0.3 is 0 Å². The van der Waals surface area contributed by atoms with Crippen molar-refractivity contribution in [2.75, 3.05) is 18.6 Å². The van der Waals surface area contributed by atoms with E-state index >= 15 is 0 Å². The van der Waals surface area contributed by atoms with Gasteiger partial charge in [-0.2, -0.15) is 5.26 Å². The van der Waals surface area contributed by atoms with Crippen molar-refractivity contribution in [2.24, 2.45) is 0 Å². The summed E-state index contributed by atoms with van der Waals surface area (Å²) < 4.78 is 6.94. The third kappa shape index (κ3) is 5.46. The summed E-state index contributed by atoms with van der Waals surface area (Å²) in [4.78, 5) is 36.1. The molecule has 10 heteroatoms. The molecular weight excluding hydrogens is 452 g/mol. The molecule has 0 saturated heterocycles. The number of nitrogens with zero attached hydrogens (tertiary/aromatic N) is 5. The Labute approximate surface area is 200 Å². The summed E-state index contributed by atoms with van der Waals surface area (Å²) in [6.45, 7) is 0.895. The van der Waals surface area contributed by atoms with Gasteiger partial charge < -0.3 is 14.5 Å². The lowest BCUT2D eigenvalue weighted by atomic mass is 10.1. The van der Waals surface area contributed by atoms with Crippen molar-refractivity contribution >= 4 is 33.9 Å². The van der Waals surface area contributed by atoms with E-state index in [-0.39, 0.29) is 31.4 Å². The fraction of sp³-hybridized carbons (Fsp3) is 0.208. The van der Waals surface area contributed by atoms with Gasteiger partial charge in [0, 0.05) is 32.2 Å². The number of pyridine rings is 1. The summed E-state index contributed by atoms with van der Waals surface area (Å²) in [5.41, 5.74) is 3.12. The van der Waals surface area contributed by atoms with Crippen LogP contribution in [0, 0.1) is 11.3 Å². The van der Waals surface area contributed by atoms with Crippen LogP contribution in [-0.2, 0) is 22.6 Å². The van der Waals surface area contributed by atoms with E-state index in [1.54, 1.807) is 30.5 Å². The van der Waals surface area contributed by atoms with Gasteiger partial charge in [0.15, 0.2) is 5.13 Å². The highest BCUT2D eigenvalue weighted by molar-refractivity contribution is 7.17. The van der Waals surface area contributed by atoms with Gasteiger partial charge in [-0.25, -0.2) is 9.97 Å². The topological polar surface area (TPSA) is 113 Å². The molecule has 0 aliphatic rings. The Morgan fingerprint density at radius 2 is 2.00 bits per heavy atom. The van der Waals surface area contributed by atoms with Crippen molar-refractivity contribution in [3.05, 3.63) is 82.8 Å². The molecule has 0 unspecified atom stereocenters.